The zero-order chi connectivity index (χ0) is 14.0. The van der Waals surface area contributed by atoms with Gasteiger partial charge in [-0.1, -0.05) is 13.8 Å². The Morgan fingerprint density at radius 2 is 1.89 bits per heavy atom. The number of hydrogen-bond acceptors (Lipinski definition) is 3. The summed E-state index contributed by atoms with van der Waals surface area (Å²) in [7, 11) is 0. The van der Waals surface area contributed by atoms with Crippen LogP contribution < -0.4 is 10.6 Å². The molecule has 0 aromatic heterocycles. The van der Waals surface area contributed by atoms with Gasteiger partial charge in [-0.25, -0.2) is 0 Å². The van der Waals surface area contributed by atoms with Crippen LogP contribution in [0.3, 0.4) is 0 Å². The fraction of sp³-hybridized carbons (Fsp3) is 0.533. The van der Waals surface area contributed by atoms with Gasteiger partial charge in [0.05, 0.1) is 0 Å². The molecule has 1 aromatic carbocycles. The lowest BCUT2D eigenvalue weighted by Gasteiger charge is -2.41. The number of carbonyl (C=O) groups excluding carboxylic acids is 1. The molecular weight excluding hydrogens is 238 g/mol. The van der Waals surface area contributed by atoms with Crippen molar-refractivity contribution in [3.05, 3.63) is 24.3 Å². The molecule has 1 aliphatic heterocycles. The number of amides is 1. The standard InChI is InChI=1S/C15H23N3O/c1-11(2)15(19)18-9-8-17(10-12(18)3)14-6-4-13(16)5-7-14/h4-7,11-12H,8-10,16H2,1-3H3. The molecule has 4 nitrogen and oxygen atoms in total. The molecule has 1 aliphatic rings. The van der Waals surface area contributed by atoms with Gasteiger partial charge in [0.1, 0.15) is 0 Å². The SMILES string of the molecule is CC(C)C(=O)N1CCN(c2ccc(N)cc2)CC1C. The van der Waals surface area contributed by atoms with Crippen molar-refractivity contribution in [3.63, 3.8) is 0 Å². The first-order valence-corrected chi connectivity index (χ1v) is 6.90. The van der Waals surface area contributed by atoms with Crippen LogP contribution in [0.15, 0.2) is 24.3 Å². The molecule has 0 radical (unpaired) electrons. The van der Waals surface area contributed by atoms with E-state index in [1.165, 1.54) is 5.69 Å². The van der Waals surface area contributed by atoms with E-state index in [0.717, 1.165) is 25.3 Å². The van der Waals surface area contributed by atoms with Crippen LogP contribution in [0, 0.1) is 5.92 Å². The number of nitrogen functional groups attached to an aromatic ring is 1. The Bertz CT molecular complexity index is 441. The first-order chi connectivity index (χ1) is 8.99. The zero-order valence-electron chi connectivity index (χ0n) is 12.0. The van der Waals surface area contributed by atoms with Crippen LogP contribution in [0.1, 0.15) is 20.8 Å². The third-order valence-electron chi connectivity index (χ3n) is 3.66. The number of nitrogens with two attached hydrogens (primary N) is 1. The van der Waals surface area contributed by atoms with E-state index in [4.69, 9.17) is 5.73 Å². The molecule has 0 bridgehead atoms. The molecular formula is C15H23N3O. The van der Waals surface area contributed by atoms with E-state index in [0.29, 0.717) is 0 Å². The molecule has 1 aromatic rings. The van der Waals surface area contributed by atoms with Crippen molar-refractivity contribution in [3.8, 4) is 0 Å². The molecule has 1 atom stereocenters. The molecule has 1 amide bonds. The maximum Gasteiger partial charge on any atom is 0.225 e. The normalized spacial score (nSPS) is 19.9. The van der Waals surface area contributed by atoms with Gasteiger partial charge >= 0.3 is 0 Å². The highest BCUT2D eigenvalue weighted by molar-refractivity contribution is 5.78. The van der Waals surface area contributed by atoms with E-state index in [9.17, 15) is 4.79 Å². The predicted molar refractivity (Wildman–Crippen MR) is 79.1 cm³/mol. The van der Waals surface area contributed by atoms with Crippen molar-refractivity contribution < 1.29 is 4.79 Å². The van der Waals surface area contributed by atoms with Gasteiger partial charge in [0.25, 0.3) is 0 Å². The Balaban J connectivity index is 2.04. The number of benzene rings is 1. The summed E-state index contributed by atoms with van der Waals surface area (Å²) in [5.74, 6) is 0.329. The van der Waals surface area contributed by atoms with Crippen LogP contribution in [0.25, 0.3) is 0 Å². The molecule has 0 aliphatic carbocycles. The molecule has 1 fully saturated rings. The van der Waals surface area contributed by atoms with E-state index in [1.807, 2.05) is 43.0 Å². The second-order valence-electron chi connectivity index (χ2n) is 5.57. The van der Waals surface area contributed by atoms with Gasteiger partial charge in [0.15, 0.2) is 0 Å². The summed E-state index contributed by atoms with van der Waals surface area (Å²) < 4.78 is 0. The zero-order valence-corrected chi connectivity index (χ0v) is 12.0. The van der Waals surface area contributed by atoms with Crippen LogP contribution in [0.4, 0.5) is 11.4 Å². The van der Waals surface area contributed by atoms with Gasteiger partial charge in [0, 0.05) is 43.0 Å². The minimum atomic E-state index is 0.0746. The summed E-state index contributed by atoms with van der Waals surface area (Å²) in [6, 6.07) is 8.18. The third-order valence-corrected chi connectivity index (χ3v) is 3.66. The molecule has 2 rings (SSSR count). The number of anilines is 2. The maximum absolute atomic E-state index is 12.1. The molecule has 0 saturated carbocycles. The summed E-state index contributed by atoms with van der Waals surface area (Å²) >= 11 is 0. The van der Waals surface area contributed by atoms with Crippen molar-refractivity contribution in [2.24, 2.45) is 5.92 Å². The van der Waals surface area contributed by atoms with E-state index in [-0.39, 0.29) is 17.9 Å². The van der Waals surface area contributed by atoms with Crippen molar-refractivity contribution in [1.29, 1.82) is 0 Å². The average molecular weight is 261 g/mol. The van der Waals surface area contributed by atoms with Crippen molar-refractivity contribution in [1.82, 2.24) is 4.90 Å². The number of piperazine rings is 1. The summed E-state index contributed by atoms with van der Waals surface area (Å²) in [4.78, 5) is 16.4. The smallest absolute Gasteiger partial charge is 0.225 e. The summed E-state index contributed by atoms with van der Waals surface area (Å²) in [5, 5.41) is 0. The fourth-order valence-corrected chi connectivity index (χ4v) is 2.54. The summed E-state index contributed by atoms with van der Waals surface area (Å²) in [6.45, 7) is 8.59. The Hall–Kier alpha value is -1.71. The predicted octanol–water partition coefficient (Wildman–Crippen LogP) is 1.96. The minimum absolute atomic E-state index is 0.0746. The van der Waals surface area contributed by atoms with E-state index >= 15 is 0 Å². The lowest BCUT2D eigenvalue weighted by atomic mass is 10.1. The largest absolute Gasteiger partial charge is 0.399 e. The van der Waals surface area contributed by atoms with Gasteiger partial charge < -0.3 is 15.5 Å². The highest BCUT2D eigenvalue weighted by atomic mass is 16.2. The van der Waals surface area contributed by atoms with E-state index in [1.54, 1.807) is 0 Å². The Morgan fingerprint density at radius 3 is 2.42 bits per heavy atom. The number of carbonyl (C=O) groups is 1. The van der Waals surface area contributed by atoms with Gasteiger partial charge in [-0.3, -0.25) is 4.79 Å². The van der Waals surface area contributed by atoms with Crippen molar-refractivity contribution >= 4 is 17.3 Å². The van der Waals surface area contributed by atoms with Gasteiger partial charge in [0.2, 0.25) is 5.91 Å². The lowest BCUT2D eigenvalue weighted by Crippen LogP contribution is -2.55. The number of hydrogen-bond donors (Lipinski definition) is 1. The third kappa shape index (κ3) is 3.00. The Kier molecular flexibility index (Phi) is 3.98. The molecule has 4 heteroatoms. The molecule has 2 N–H and O–H groups in total. The second kappa shape index (κ2) is 5.51. The second-order valence-corrected chi connectivity index (χ2v) is 5.57. The summed E-state index contributed by atoms with van der Waals surface area (Å²) in [6.07, 6.45) is 0. The number of nitrogens with zero attached hydrogens (tertiary/aromatic N) is 2. The molecule has 0 spiro atoms. The van der Waals surface area contributed by atoms with Crippen molar-refractivity contribution in [2.75, 3.05) is 30.3 Å². The van der Waals surface area contributed by atoms with Gasteiger partial charge in [-0.2, -0.15) is 0 Å². The molecule has 1 saturated heterocycles. The highest BCUT2D eigenvalue weighted by Crippen LogP contribution is 2.21. The van der Waals surface area contributed by atoms with Crippen LogP contribution in [-0.2, 0) is 4.79 Å². The molecule has 19 heavy (non-hydrogen) atoms. The molecule has 1 unspecified atom stereocenters. The van der Waals surface area contributed by atoms with E-state index in [2.05, 4.69) is 11.8 Å². The topological polar surface area (TPSA) is 49.6 Å². The maximum atomic E-state index is 12.1. The first-order valence-electron chi connectivity index (χ1n) is 6.90. The van der Waals surface area contributed by atoms with Crippen LogP contribution in [0.2, 0.25) is 0 Å². The Morgan fingerprint density at radius 1 is 1.26 bits per heavy atom. The minimum Gasteiger partial charge on any atom is -0.399 e. The van der Waals surface area contributed by atoms with Crippen LogP contribution in [-0.4, -0.2) is 36.5 Å². The lowest BCUT2D eigenvalue weighted by molar-refractivity contribution is -0.136. The number of rotatable bonds is 2. The van der Waals surface area contributed by atoms with E-state index < -0.39 is 0 Å². The van der Waals surface area contributed by atoms with Gasteiger partial charge in [-0.15, -0.1) is 0 Å². The summed E-state index contributed by atoms with van der Waals surface area (Å²) in [5.41, 5.74) is 7.67. The van der Waals surface area contributed by atoms with Crippen LogP contribution >= 0.6 is 0 Å². The fourth-order valence-electron chi connectivity index (χ4n) is 2.54. The first kappa shape index (κ1) is 13.7. The monoisotopic (exact) mass is 261 g/mol. The highest BCUT2D eigenvalue weighted by Gasteiger charge is 2.28. The van der Waals surface area contributed by atoms with Gasteiger partial charge in [-0.05, 0) is 31.2 Å². The van der Waals surface area contributed by atoms with Crippen LogP contribution in [0.5, 0.6) is 0 Å². The molecule has 1 heterocycles. The molecule has 104 valence electrons. The quantitative estimate of drug-likeness (QED) is 0.828. The Labute approximate surface area is 115 Å². The average Bonchev–Trinajstić information content (AvgIpc) is 2.38. The van der Waals surface area contributed by atoms with Crippen molar-refractivity contribution in [2.45, 2.75) is 26.8 Å².